The van der Waals surface area contributed by atoms with Crippen LogP contribution in [0, 0.1) is 14.4 Å². The van der Waals surface area contributed by atoms with Gasteiger partial charge in [0.15, 0.2) is 5.65 Å². The molecule has 0 saturated heterocycles. The summed E-state index contributed by atoms with van der Waals surface area (Å²) in [6, 6.07) is 7.63. The summed E-state index contributed by atoms with van der Waals surface area (Å²) in [4.78, 5) is 17.5. The van der Waals surface area contributed by atoms with Crippen LogP contribution in [0.1, 0.15) is 51.1 Å². The van der Waals surface area contributed by atoms with Gasteiger partial charge in [-0.1, -0.05) is 52.0 Å². The number of nitrogens with zero attached hydrogens (tertiary/aromatic N) is 2. The van der Waals surface area contributed by atoms with Gasteiger partial charge in [0, 0.05) is 45.2 Å². The molecular formula is C21H29N2O2SY-. The maximum atomic E-state index is 12.9. The zero-order valence-electron chi connectivity index (χ0n) is 17.3. The molecule has 1 aromatic carbocycles. The topological polar surface area (TPSA) is 55.1 Å². The van der Waals surface area contributed by atoms with Crippen molar-refractivity contribution in [1.29, 1.82) is 0 Å². The van der Waals surface area contributed by atoms with Gasteiger partial charge in [-0.3, -0.25) is 9.36 Å². The Hall–Kier alpha value is -1.04. The molecule has 0 fully saturated rings. The average Bonchev–Trinajstić information content (AvgIpc) is 3.04. The van der Waals surface area contributed by atoms with Gasteiger partial charge in [0.05, 0.1) is 10.6 Å². The third kappa shape index (κ3) is 4.88. The Bertz CT molecular complexity index is 945. The number of hydrogen-bond donors (Lipinski definition) is 1. The molecule has 3 aromatic rings. The minimum Gasteiger partial charge on any atom is -0.505 e. The van der Waals surface area contributed by atoms with Crippen molar-refractivity contribution in [2.75, 3.05) is 0 Å². The number of benzene rings is 1. The second-order valence-corrected chi connectivity index (χ2v) is 6.98. The Kier molecular flexibility index (Phi) is 10.7. The second kappa shape index (κ2) is 11.1. The summed E-state index contributed by atoms with van der Waals surface area (Å²) in [5.74, 6) is 0.308. The summed E-state index contributed by atoms with van der Waals surface area (Å²) in [6.45, 7) is 12.5. The van der Waals surface area contributed by atoms with Crippen molar-refractivity contribution in [3.63, 3.8) is 0 Å². The van der Waals surface area contributed by atoms with E-state index in [1.165, 1.54) is 11.3 Å². The molecule has 0 aliphatic carbocycles. The molecule has 0 bridgehead atoms. The fourth-order valence-electron chi connectivity index (χ4n) is 2.75. The molecule has 27 heavy (non-hydrogen) atoms. The van der Waals surface area contributed by atoms with Crippen LogP contribution in [0.25, 0.3) is 21.5 Å². The zero-order valence-corrected chi connectivity index (χ0v) is 21.0. The summed E-state index contributed by atoms with van der Waals surface area (Å²) >= 11 is 1.46. The smallest absolute Gasteiger partial charge is 0.263 e. The number of thiazole rings is 1. The first-order chi connectivity index (χ1) is 12.0. The van der Waals surface area contributed by atoms with Gasteiger partial charge < -0.3 is 12.5 Å². The van der Waals surface area contributed by atoms with Gasteiger partial charge in [0.2, 0.25) is 0 Å². The number of pyridine rings is 1. The van der Waals surface area contributed by atoms with Crippen LogP contribution in [0.2, 0.25) is 0 Å². The van der Waals surface area contributed by atoms with Gasteiger partial charge in [0.25, 0.3) is 5.56 Å². The Morgan fingerprint density at radius 3 is 2.33 bits per heavy atom. The molecule has 145 valence electrons. The van der Waals surface area contributed by atoms with Crippen LogP contribution in [0.3, 0.4) is 0 Å². The fraction of sp³-hybridized carbons (Fsp3) is 0.381. The van der Waals surface area contributed by atoms with Crippen molar-refractivity contribution in [3.8, 4) is 16.9 Å². The number of hydrogen-bond acceptors (Lipinski definition) is 4. The monoisotopic (exact) mass is 462 g/mol. The first kappa shape index (κ1) is 26.0. The van der Waals surface area contributed by atoms with Crippen molar-refractivity contribution >= 4 is 21.7 Å². The Labute approximate surface area is 191 Å². The quantitative estimate of drug-likeness (QED) is 0.504. The molecule has 0 aliphatic heterocycles. The first-order valence-electron chi connectivity index (χ1n) is 8.77. The number of aromatic hydroxyl groups is 1. The number of aromatic nitrogens is 2. The van der Waals surface area contributed by atoms with Crippen molar-refractivity contribution < 1.29 is 37.8 Å². The molecule has 0 atom stereocenters. The van der Waals surface area contributed by atoms with E-state index in [1.54, 1.807) is 4.57 Å². The third-order valence-corrected chi connectivity index (χ3v) is 5.37. The van der Waals surface area contributed by atoms with E-state index in [1.807, 2.05) is 52.0 Å². The van der Waals surface area contributed by atoms with E-state index < -0.39 is 0 Å². The summed E-state index contributed by atoms with van der Waals surface area (Å²) in [6.07, 6.45) is 0. The van der Waals surface area contributed by atoms with Crippen LogP contribution in [0.5, 0.6) is 5.75 Å². The van der Waals surface area contributed by atoms with Gasteiger partial charge in [-0.25, -0.2) is 4.98 Å². The van der Waals surface area contributed by atoms with E-state index in [-0.39, 0.29) is 57.4 Å². The Morgan fingerprint density at radius 1 is 1.22 bits per heavy atom. The van der Waals surface area contributed by atoms with E-state index in [4.69, 9.17) is 0 Å². The summed E-state index contributed by atoms with van der Waals surface area (Å²) in [5, 5.41) is 11.7. The molecular weight excluding hydrogens is 433 g/mol. The molecule has 0 aliphatic rings. The Morgan fingerprint density at radius 2 is 1.81 bits per heavy atom. The van der Waals surface area contributed by atoms with Crippen LogP contribution in [0.4, 0.5) is 0 Å². The predicted molar refractivity (Wildman–Crippen MR) is 113 cm³/mol. The summed E-state index contributed by atoms with van der Waals surface area (Å²) < 4.78 is 2.34. The third-order valence-electron chi connectivity index (χ3n) is 4.02. The van der Waals surface area contributed by atoms with Crippen LogP contribution < -0.4 is 5.56 Å². The first-order valence-corrected chi connectivity index (χ1v) is 9.59. The van der Waals surface area contributed by atoms with Crippen LogP contribution in [-0.4, -0.2) is 14.7 Å². The van der Waals surface area contributed by atoms with Gasteiger partial charge in [-0.15, -0.1) is 11.3 Å². The van der Waals surface area contributed by atoms with Crippen molar-refractivity contribution in [1.82, 2.24) is 9.55 Å². The fourth-order valence-corrected chi connectivity index (χ4v) is 3.77. The second-order valence-electron chi connectivity index (χ2n) is 5.95. The molecule has 0 spiro atoms. The SMILES string of the molecule is CC.CCn1c(=O)c(-c2ccccc2C)c(O)c2sc(C(C)C)nc21.[CH3-].[Y]. The van der Waals surface area contributed by atoms with Gasteiger partial charge >= 0.3 is 0 Å². The molecule has 2 aromatic heterocycles. The van der Waals surface area contributed by atoms with Crippen molar-refractivity contribution in [3.05, 3.63) is 52.6 Å². The maximum Gasteiger partial charge on any atom is 0.263 e. The van der Waals surface area contributed by atoms with Crippen LogP contribution in [-0.2, 0) is 39.3 Å². The predicted octanol–water partition coefficient (Wildman–Crippen LogP) is 5.76. The van der Waals surface area contributed by atoms with E-state index in [0.717, 1.165) is 16.1 Å². The number of rotatable bonds is 3. The van der Waals surface area contributed by atoms with Crippen molar-refractivity contribution in [2.45, 2.75) is 54.0 Å². The van der Waals surface area contributed by atoms with Gasteiger partial charge in [-0.05, 0) is 25.0 Å². The molecule has 0 amide bonds. The summed E-state index contributed by atoms with van der Waals surface area (Å²) in [5.41, 5.74) is 2.51. The Balaban J connectivity index is 0.00000164. The van der Waals surface area contributed by atoms with Crippen LogP contribution >= 0.6 is 11.3 Å². The van der Waals surface area contributed by atoms with Crippen molar-refractivity contribution in [2.24, 2.45) is 0 Å². The molecule has 4 nitrogen and oxygen atoms in total. The molecule has 1 N–H and O–H groups in total. The van der Waals surface area contributed by atoms with E-state index >= 15 is 0 Å². The number of aryl methyl sites for hydroxylation is 2. The van der Waals surface area contributed by atoms with E-state index in [2.05, 4.69) is 18.8 Å². The van der Waals surface area contributed by atoms with Crippen LogP contribution in [0.15, 0.2) is 29.1 Å². The molecule has 3 rings (SSSR count). The minimum absolute atomic E-state index is 0. The largest absolute Gasteiger partial charge is 0.505 e. The minimum atomic E-state index is -0.188. The average molecular weight is 462 g/mol. The molecule has 0 saturated carbocycles. The van der Waals surface area contributed by atoms with E-state index in [0.29, 0.717) is 22.5 Å². The molecule has 0 unspecified atom stereocenters. The molecule has 2 heterocycles. The molecule has 6 heteroatoms. The summed E-state index contributed by atoms with van der Waals surface area (Å²) in [7, 11) is 0. The van der Waals surface area contributed by atoms with Gasteiger partial charge in [-0.2, -0.15) is 0 Å². The number of fused-ring (bicyclic) bond motifs is 1. The zero-order chi connectivity index (χ0) is 18.7. The van der Waals surface area contributed by atoms with Gasteiger partial charge in [0.1, 0.15) is 10.4 Å². The normalized spacial score (nSPS) is 10.0. The maximum absolute atomic E-state index is 12.9. The van der Waals surface area contributed by atoms with E-state index in [9.17, 15) is 9.90 Å². The molecule has 1 radical (unpaired) electrons. The standard InChI is InChI=1S/C18H20N2O2S.C2H6.CH3.Y/c1-5-20-16-15(23-17(19-16)10(2)3)14(21)13(18(20)22)12-9-7-6-8-11(12)4;1-2;;/h6-10,21H,5H2,1-4H3;1-2H3;1H3;/q;;-1;.